The van der Waals surface area contributed by atoms with E-state index in [1.54, 1.807) is 43.5 Å². The van der Waals surface area contributed by atoms with Crippen LogP contribution in [0.4, 0.5) is 40.2 Å². The molecule has 0 aliphatic carbocycles. The number of fused-ring (bicyclic) bond motifs is 1. The number of sulfonamides is 1. The number of aromatic nitrogens is 2. The van der Waals surface area contributed by atoms with Crippen molar-refractivity contribution in [2.75, 3.05) is 78.3 Å². The van der Waals surface area contributed by atoms with E-state index in [2.05, 4.69) is 41.0 Å². The molecule has 4 aromatic rings. The van der Waals surface area contributed by atoms with Crippen molar-refractivity contribution in [1.82, 2.24) is 25.1 Å². The quantitative estimate of drug-likeness (QED) is 0.142. The minimum absolute atomic E-state index is 0.00973. The maximum Gasteiger partial charge on any atom is 0.264 e. The molecule has 0 bridgehead atoms. The topological polar surface area (TPSA) is 216 Å². The van der Waals surface area contributed by atoms with Gasteiger partial charge in [-0.15, -0.1) is 0 Å². The Labute approximate surface area is 344 Å². The number of methoxy groups -OCH3 is 1. The zero-order valence-electron chi connectivity index (χ0n) is 32.3. The predicted molar refractivity (Wildman–Crippen MR) is 221 cm³/mol. The molecule has 0 saturated carbocycles. The summed E-state index contributed by atoms with van der Waals surface area (Å²) in [5, 5.41) is 11.5. The number of nitrogens with one attached hydrogen (secondary N) is 4. The van der Waals surface area contributed by atoms with E-state index >= 15 is 0 Å². The molecule has 1 aromatic heterocycles. The first-order valence-corrected chi connectivity index (χ1v) is 20.8. The van der Waals surface area contributed by atoms with Gasteiger partial charge in [0.1, 0.15) is 16.8 Å². The van der Waals surface area contributed by atoms with E-state index in [0.29, 0.717) is 55.5 Å². The van der Waals surface area contributed by atoms with E-state index in [-0.39, 0.29) is 58.8 Å². The smallest absolute Gasteiger partial charge is 0.264 e. The Balaban J connectivity index is 0.933. The molecular formula is C39H41ClN10O8S. The summed E-state index contributed by atoms with van der Waals surface area (Å²) in [4.78, 5) is 77.8. The van der Waals surface area contributed by atoms with Crippen molar-refractivity contribution in [3.8, 4) is 5.75 Å². The number of benzene rings is 3. The molecule has 2 fully saturated rings. The van der Waals surface area contributed by atoms with Crippen molar-refractivity contribution in [3.05, 3.63) is 83.0 Å². The summed E-state index contributed by atoms with van der Waals surface area (Å²) in [7, 11) is -0.512. The van der Waals surface area contributed by atoms with Crippen LogP contribution in [0.5, 0.6) is 5.75 Å². The number of ether oxygens (including phenoxy) is 1. The predicted octanol–water partition coefficient (Wildman–Crippen LogP) is 3.57. The van der Waals surface area contributed by atoms with Gasteiger partial charge in [-0.05, 0) is 42.8 Å². The molecule has 0 spiro atoms. The van der Waals surface area contributed by atoms with Gasteiger partial charge in [-0.3, -0.25) is 43.4 Å². The second-order valence-corrected chi connectivity index (χ2v) is 16.5. The molecule has 4 N–H and O–H groups in total. The molecule has 308 valence electrons. The fraction of sp³-hybridized carbons (Fsp3) is 0.308. The Morgan fingerprint density at radius 3 is 2.44 bits per heavy atom. The van der Waals surface area contributed by atoms with Crippen molar-refractivity contribution in [2.24, 2.45) is 0 Å². The maximum absolute atomic E-state index is 13.4. The van der Waals surface area contributed by atoms with Gasteiger partial charge in [0.2, 0.25) is 33.7 Å². The molecule has 3 aliphatic heterocycles. The molecule has 7 rings (SSSR count). The molecule has 1 atom stereocenters. The van der Waals surface area contributed by atoms with Crippen molar-refractivity contribution >= 4 is 91.4 Å². The second kappa shape index (κ2) is 16.9. The van der Waals surface area contributed by atoms with Crippen molar-refractivity contribution in [3.63, 3.8) is 0 Å². The number of imide groups is 2. The van der Waals surface area contributed by atoms with Crippen LogP contribution < -0.4 is 35.2 Å². The third-order valence-corrected chi connectivity index (χ3v) is 11.8. The Kier molecular flexibility index (Phi) is 11.7. The van der Waals surface area contributed by atoms with Crippen LogP contribution in [0.1, 0.15) is 40.0 Å². The van der Waals surface area contributed by atoms with E-state index < -0.39 is 39.7 Å². The average Bonchev–Trinajstić information content (AvgIpc) is 3.47. The highest BCUT2D eigenvalue weighted by atomic mass is 35.5. The molecular weight excluding hydrogens is 804 g/mol. The van der Waals surface area contributed by atoms with Gasteiger partial charge >= 0.3 is 0 Å². The number of hydrogen-bond donors (Lipinski definition) is 4. The van der Waals surface area contributed by atoms with Gasteiger partial charge in [-0.1, -0.05) is 29.8 Å². The first-order valence-electron chi connectivity index (χ1n) is 18.6. The first kappa shape index (κ1) is 40.9. The normalized spacial score (nSPS) is 17.1. The Morgan fingerprint density at radius 1 is 0.966 bits per heavy atom. The van der Waals surface area contributed by atoms with Crippen molar-refractivity contribution in [2.45, 2.75) is 25.3 Å². The largest absolute Gasteiger partial charge is 0.494 e. The van der Waals surface area contributed by atoms with E-state index in [0.717, 1.165) is 21.1 Å². The number of amides is 5. The number of carbonyl (C=O) groups is 5. The third-order valence-electron chi connectivity index (χ3n) is 10.3. The molecule has 59 heavy (non-hydrogen) atoms. The van der Waals surface area contributed by atoms with Gasteiger partial charge in [0.25, 0.3) is 11.8 Å². The number of para-hydroxylation sites is 2. The summed E-state index contributed by atoms with van der Waals surface area (Å²) >= 11 is 6.43. The highest BCUT2D eigenvalue weighted by Gasteiger charge is 2.45. The fourth-order valence-corrected chi connectivity index (χ4v) is 7.75. The van der Waals surface area contributed by atoms with Crippen LogP contribution in [0, 0.1) is 0 Å². The SMILES string of the molecule is COc1cc(N2CCN(CCC(=O)Nc3cccc4c3C(=O)N(C3CCC(=O)NC3=O)C4=O)CC2)ccc1Nc1ncc(Cl)c(Nc2ccccc2N(C)S(C)(=O)=O)n1. The van der Waals surface area contributed by atoms with E-state index in [1.807, 2.05) is 18.2 Å². The van der Waals surface area contributed by atoms with E-state index in [4.69, 9.17) is 16.3 Å². The average molecular weight is 845 g/mol. The molecule has 2 saturated heterocycles. The Bertz CT molecular complexity index is 2460. The molecule has 1 unspecified atom stereocenters. The molecule has 3 aromatic carbocycles. The molecule has 5 amide bonds. The lowest BCUT2D eigenvalue weighted by molar-refractivity contribution is -0.136. The summed E-state index contributed by atoms with van der Waals surface area (Å²) in [6.45, 7) is 3.20. The lowest BCUT2D eigenvalue weighted by atomic mass is 10.0. The number of nitrogens with zero attached hydrogens (tertiary/aromatic N) is 6. The summed E-state index contributed by atoms with van der Waals surface area (Å²) in [6.07, 6.45) is 2.74. The summed E-state index contributed by atoms with van der Waals surface area (Å²) in [5.41, 5.74) is 2.73. The lowest BCUT2D eigenvalue weighted by Crippen LogP contribution is -2.54. The second-order valence-electron chi connectivity index (χ2n) is 14.1. The highest BCUT2D eigenvalue weighted by Crippen LogP contribution is 2.36. The summed E-state index contributed by atoms with van der Waals surface area (Å²) in [6, 6.07) is 16.1. The number of hydrogen-bond acceptors (Lipinski definition) is 14. The van der Waals surface area contributed by atoms with Gasteiger partial charge in [-0.2, -0.15) is 4.98 Å². The van der Waals surface area contributed by atoms with Crippen LogP contribution in [0.3, 0.4) is 0 Å². The van der Waals surface area contributed by atoms with E-state index in [9.17, 15) is 32.4 Å². The minimum atomic E-state index is -3.53. The minimum Gasteiger partial charge on any atom is -0.494 e. The number of rotatable bonds is 13. The number of piperidine rings is 1. The Morgan fingerprint density at radius 2 is 1.71 bits per heavy atom. The van der Waals surface area contributed by atoms with Crippen molar-refractivity contribution in [1.29, 1.82) is 0 Å². The molecule has 18 nitrogen and oxygen atoms in total. The van der Waals surface area contributed by atoms with Gasteiger partial charge in [0.05, 0.1) is 53.4 Å². The summed E-state index contributed by atoms with van der Waals surface area (Å²) in [5.74, 6) is -1.79. The van der Waals surface area contributed by atoms with Crippen LogP contribution >= 0.6 is 11.6 Å². The standard InChI is InChI=1S/C39H41ClN10O8S/c1-47(59(3,56)57)29-10-5-4-8-26(29)43-35-25(40)22-41-39(46-35)44-27-12-11-23(21-31(27)58-2)49-19-17-48(18-20-49)16-15-33(52)42-28-9-6-7-24-34(28)38(55)50(37(24)54)30-13-14-32(51)45-36(30)53/h4-12,21-22,30H,13-20H2,1-3H3,(H,42,52)(H,45,51,53)(H2,41,43,44,46). The maximum atomic E-state index is 13.4. The third kappa shape index (κ3) is 8.76. The molecule has 3 aliphatic rings. The van der Waals surface area contributed by atoms with Crippen LogP contribution in [-0.4, -0.2) is 117 Å². The molecule has 0 radical (unpaired) electrons. The number of anilines is 7. The lowest BCUT2D eigenvalue weighted by Gasteiger charge is -2.36. The van der Waals surface area contributed by atoms with E-state index in [1.165, 1.54) is 19.3 Å². The summed E-state index contributed by atoms with van der Waals surface area (Å²) < 4.78 is 31.3. The van der Waals surface area contributed by atoms with Crippen LogP contribution in [-0.2, 0) is 24.4 Å². The number of carbonyl (C=O) groups excluding carboxylic acids is 5. The van der Waals surface area contributed by atoms with Crippen molar-refractivity contribution < 1.29 is 37.1 Å². The zero-order valence-corrected chi connectivity index (χ0v) is 33.9. The van der Waals surface area contributed by atoms with Gasteiger partial charge < -0.3 is 25.6 Å². The van der Waals surface area contributed by atoms with Crippen LogP contribution in [0.15, 0.2) is 66.9 Å². The van der Waals surface area contributed by atoms with Gasteiger partial charge in [0.15, 0.2) is 5.82 Å². The van der Waals surface area contributed by atoms with Crippen LogP contribution in [0.2, 0.25) is 5.02 Å². The van der Waals surface area contributed by atoms with Gasteiger partial charge in [-0.25, -0.2) is 13.4 Å². The molecule has 4 heterocycles. The van der Waals surface area contributed by atoms with Gasteiger partial charge in [0, 0.05) is 64.4 Å². The number of halogens is 1. The fourth-order valence-electron chi connectivity index (χ4n) is 7.10. The zero-order chi connectivity index (χ0) is 42.0. The highest BCUT2D eigenvalue weighted by molar-refractivity contribution is 7.92. The monoisotopic (exact) mass is 844 g/mol. The number of piperazine rings is 1. The molecule has 20 heteroatoms. The van der Waals surface area contributed by atoms with Crippen LogP contribution in [0.25, 0.3) is 0 Å². The first-order chi connectivity index (χ1) is 28.2. The Hall–Kier alpha value is -6.31.